The Labute approximate surface area is 256 Å². The van der Waals surface area contributed by atoms with Crippen molar-refractivity contribution in [2.45, 2.75) is 64.5 Å². The van der Waals surface area contributed by atoms with Crippen molar-refractivity contribution in [3.8, 4) is 17.0 Å². The summed E-state index contributed by atoms with van der Waals surface area (Å²) in [4.78, 5) is 18.2. The lowest BCUT2D eigenvalue weighted by Crippen LogP contribution is -2.48. The van der Waals surface area contributed by atoms with Crippen LogP contribution in [0.25, 0.3) is 22.2 Å². The molecule has 0 saturated heterocycles. The van der Waals surface area contributed by atoms with Crippen LogP contribution in [0.4, 0.5) is 0 Å². The molecular weight excluding hydrogens is 562 g/mol. The predicted molar refractivity (Wildman–Crippen MR) is 171 cm³/mol. The first kappa shape index (κ1) is 30.1. The molecule has 1 amide bonds. The van der Waals surface area contributed by atoms with E-state index in [4.69, 9.17) is 4.74 Å². The number of rotatable bonds is 3. The van der Waals surface area contributed by atoms with Gasteiger partial charge in [0.15, 0.2) is 0 Å². The van der Waals surface area contributed by atoms with Gasteiger partial charge in [-0.15, -0.1) is 0 Å². The van der Waals surface area contributed by atoms with E-state index in [0.717, 1.165) is 67.8 Å². The van der Waals surface area contributed by atoms with Crippen LogP contribution in [-0.2, 0) is 16.8 Å². The maximum atomic E-state index is 13.5. The van der Waals surface area contributed by atoms with Crippen LogP contribution in [0.15, 0.2) is 42.5 Å². The zero-order chi connectivity index (χ0) is 30.1. The lowest BCUT2D eigenvalue weighted by Gasteiger charge is -2.35. The Balaban J connectivity index is 1.57. The number of hydrogen-bond donors (Lipinski definition) is 1. The molecule has 1 aromatic heterocycles. The van der Waals surface area contributed by atoms with Crippen molar-refractivity contribution in [3.63, 3.8) is 0 Å². The quantitative estimate of drug-likeness (QED) is 0.466. The Bertz CT molecular complexity index is 1580. The molecule has 1 atom stereocenters. The van der Waals surface area contributed by atoms with Crippen molar-refractivity contribution >= 4 is 27.0 Å². The lowest BCUT2D eigenvalue weighted by molar-refractivity contribution is 0.0978. The minimum atomic E-state index is -3.99. The topological polar surface area (TPSA) is 87.1 Å². The van der Waals surface area contributed by atoms with E-state index < -0.39 is 16.1 Å². The first-order valence-electron chi connectivity index (χ1n) is 15.9. The van der Waals surface area contributed by atoms with Gasteiger partial charge in [-0.3, -0.25) is 9.69 Å². The third-order valence-corrected chi connectivity index (χ3v) is 11.2. The van der Waals surface area contributed by atoms with Crippen molar-refractivity contribution in [1.82, 2.24) is 23.4 Å². The van der Waals surface area contributed by atoms with Crippen molar-refractivity contribution < 1.29 is 17.9 Å². The molecule has 2 aliphatic heterocycles. The number of benzene rings is 2. The fourth-order valence-corrected chi connectivity index (χ4v) is 8.04. The van der Waals surface area contributed by atoms with E-state index in [1.807, 2.05) is 18.2 Å². The molecule has 2 aromatic carbocycles. The molecule has 9 nitrogen and oxygen atoms in total. The molecule has 10 heteroatoms. The molecule has 3 heterocycles. The monoisotopic (exact) mass is 607 g/mol. The van der Waals surface area contributed by atoms with Crippen LogP contribution < -0.4 is 9.46 Å². The third kappa shape index (κ3) is 5.94. The van der Waals surface area contributed by atoms with Crippen LogP contribution in [0.5, 0.6) is 5.75 Å². The SMILES string of the molecule is CCN1CCN(CC)C2COc3ccccc3-c3c(C4CCCCC4)c4ccc(cc4n3C2)C(=O)NS(=O)(=O)N(C)CC1. The number of carbonyl (C=O) groups excluding carboxylic acids is 1. The first-order chi connectivity index (χ1) is 20.8. The number of para-hydroxylation sites is 1. The predicted octanol–water partition coefficient (Wildman–Crippen LogP) is 4.68. The Morgan fingerprint density at radius 3 is 2.49 bits per heavy atom. The van der Waals surface area contributed by atoms with Crippen molar-refractivity contribution in [2.75, 3.05) is 52.9 Å². The Morgan fingerprint density at radius 1 is 0.953 bits per heavy atom. The molecular formula is C33H45N5O4S. The number of amides is 1. The summed E-state index contributed by atoms with van der Waals surface area (Å²) >= 11 is 0. The zero-order valence-corrected chi connectivity index (χ0v) is 26.5. The molecule has 0 spiro atoms. The fourth-order valence-electron chi connectivity index (χ4n) is 7.21. The molecule has 4 bridgehead atoms. The van der Waals surface area contributed by atoms with Crippen LogP contribution in [0.2, 0.25) is 0 Å². The molecule has 232 valence electrons. The van der Waals surface area contributed by atoms with Gasteiger partial charge in [0, 0.05) is 61.8 Å². The number of carbonyl (C=O) groups is 1. The smallest absolute Gasteiger partial charge is 0.303 e. The van der Waals surface area contributed by atoms with E-state index >= 15 is 0 Å². The van der Waals surface area contributed by atoms with Crippen LogP contribution in [0.3, 0.4) is 0 Å². The second kappa shape index (κ2) is 12.6. The largest absolute Gasteiger partial charge is 0.491 e. The summed E-state index contributed by atoms with van der Waals surface area (Å²) in [7, 11) is -2.47. The molecule has 3 aromatic rings. The molecule has 1 N–H and O–H groups in total. The molecule has 0 radical (unpaired) electrons. The van der Waals surface area contributed by atoms with E-state index in [0.29, 0.717) is 31.2 Å². The van der Waals surface area contributed by atoms with Gasteiger partial charge in [-0.2, -0.15) is 12.7 Å². The highest BCUT2D eigenvalue weighted by Gasteiger charge is 2.32. The van der Waals surface area contributed by atoms with Gasteiger partial charge in [0.1, 0.15) is 12.4 Å². The number of hydrogen-bond acceptors (Lipinski definition) is 6. The number of likely N-dealkylation sites (N-methyl/N-ethyl adjacent to an activating group) is 3. The highest BCUT2D eigenvalue weighted by atomic mass is 32.2. The van der Waals surface area contributed by atoms with Crippen LogP contribution in [-0.4, -0.2) is 92.0 Å². The van der Waals surface area contributed by atoms with Gasteiger partial charge in [0.05, 0.1) is 11.7 Å². The summed E-state index contributed by atoms with van der Waals surface area (Å²) in [5.74, 6) is 0.701. The van der Waals surface area contributed by atoms with Crippen molar-refractivity contribution in [2.24, 2.45) is 0 Å². The average molecular weight is 608 g/mol. The third-order valence-electron chi connectivity index (χ3n) is 9.78. The van der Waals surface area contributed by atoms with E-state index in [9.17, 15) is 13.2 Å². The maximum absolute atomic E-state index is 13.5. The number of nitrogens with zero attached hydrogens (tertiary/aromatic N) is 4. The summed E-state index contributed by atoms with van der Waals surface area (Å²) in [5, 5.41) is 1.15. The summed E-state index contributed by atoms with van der Waals surface area (Å²) in [6.07, 6.45) is 5.96. The van der Waals surface area contributed by atoms with E-state index in [1.165, 1.54) is 41.9 Å². The van der Waals surface area contributed by atoms with Gasteiger partial charge in [-0.1, -0.05) is 51.3 Å². The molecule has 1 fully saturated rings. The van der Waals surface area contributed by atoms with Crippen LogP contribution in [0.1, 0.15) is 67.8 Å². The first-order valence-corrected chi connectivity index (χ1v) is 17.4. The Hall–Kier alpha value is -2.92. The maximum Gasteiger partial charge on any atom is 0.303 e. The van der Waals surface area contributed by atoms with Gasteiger partial charge in [0.25, 0.3) is 5.91 Å². The minimum absolute atomic E-state index is 0.124. The number of nitrogens with one attached hydrogen (secondary N) is 1. The standard InChI is InChI=1S/C33H45N5O4S/c1-4-36-18-17-35(3)43(40,41)34-33(39)25-15-16-27-29(21-25)38-22-26(37(5-2)20-19-36)23-42-30-14-10-9-13-28(30)32(38)31(27)24-11-7-6-8-12-24/h9-10,13-16,21,24,26H,4-8,11-12,17-20,22-23H2,1-3H3,(H,34,39). The Morgan fingerprint density at radius 2 is 1.72 bits per heavy atom. The van der Waals surface area contributed by atoms with Crippen molar-refractivity contribution in [3.05, 3.63) is 53.6 Å². The molecule has 1 aliphatic carbocycles. The summed E-state index contributed by atoms with van der Waals surface area (Å²) in [6.45, 7) is 9.81. The van der Waals surface area contributed by atoms with Gasteiger partial charge in [-0.25, -0.2) is 4.72 Å². The second-order valence-corrected chi connectivity index (χ2v) is 14.0. The highest BCUT2D eigenvalue weighted by molar-refractivity contribution is 7.87. The number of aromatic nitrogens is 1. The normalized spacial score (nSPS) is 23.0. The molecule has 3 aliphatic rings. The summed E-state index contributed by atoms with van der Waals surface area (Å²) < 4.78 is 38.9. The highest BCUT2D eigenvalue weighted by Crippen LogP contribution is 2.47. The number of ether oxygens (including phenoxy) is 1. The molecule has 1 unspecified atom stereocenters. The van der Waals surface area contributed by atoms with E-state index in [-0.39, 0.29) is 6.04 Å². The lowest BCUT2D eigenvalue weighted by atomic mass is 9.81. The molecule has 43 heavy (non-hydrogen) atoms. The van der Waals surface area contributed by atoms with E-state index in [1.54, 1.807) is 6.07 Å². The Kier molecular flexibility index (Phi) is 8.82. The molecule has 6 rings (SSSR count). The van der Waals surface area contributed by atoms with Gasteiger partial charge in [0.2, 0.25) is 0 Å². The minimum Gasteiger partial charge on any atom is -0.491 e. The zero-order valence-electron chi connectivity index (χ0n) is 25.7. The fraction of sp³-hybridized carbons (Fsp3) is 0.545. The average Bonchev–Trinajstić information content (AvgIpc) is 3.32. The van der Waals surface area contributed by atoms with Gasteiger partial charge < -0.3 is 14.2 Å². The molecule has 1 saturated carbocycles. The second-order valence-electron chi connectivity index (χ2n) is 12.2. The van der Waals surface area contributed by atoms with E-state index in [2.05, 4.69) is 51.1 Å². The van der Waals surface area contributed by atoms with Gasteiger partial charge >= 0.3 is 10.2 Å². The van der Waals surface area contributed by atoms with Crippen molar-refractivity contribution in [1.29, 1.82) is 0 Å². The van der Waals surface area contributed by atoms with Gasteiger partial charge in [-0.05, 0) is 61.7 Å². The number of fused-ring (bicyclic) bond motifs is 4. The van der Waals surface area contributed by atoms with Crippen LogP contribution in [0, 0.1) is 0 Å². The van der Waals surface area contributed by atoms with Crippen LogP contribution >= 0.6 is 0 Å². The summed E-state index contributed by atoms with van der Waals surface area (Å²) in [5.41, 5.74) is 4.93. The summed E-state index contributed by atoms with van der Waals surface area (Å²) in [6, 6.07) is 14.2.